The number of anilines is 1. The van der Waals surface area contributed by atoms with Gasteiger partial charge in [-0.05, 0) is 25.0 Å². The van der Waals surface area contributed by atoms with Gasteiger partial charge in [0.15, 0.2) is 0 Å². The van der Waals surface area contributed by atoms with Gasteiger partial charge in [-0.3, -0.25) is 14.9 Å². The van der Waals surface area contributed by atoms with Crippen LogP contribution in [0.4, 0.5) is 14.5 Å². The zero-order valence-corrected chi connectivity index (χ0v) is 13.7. The van der Waals surface area contributed by atoms with E-state index < -0.39 is 36.7 Å². The number of para-hydroxylation sites is 1. The number of alkyl halides is 2. The van der Waals surface area contributed by atoms with Crippen molar-refractivity contribution in [1.29, 1.82) is 0 Å². The summed E-state index contributed by atoms with van der Waals surface area (Å²) in [5.74, 6) is -3.85. The summed E-state index contributed by atoms with van der Waals surface area (Å²) in [6.45, 7) is 2.97. The average Bonchev–Trinajstić information content (AvgIpc) is 2.81. The minimum Gasteiger partial charge on any atom is -0.346 e. The first-order chi connectivity index (χ1) is 10.3. The van der Waals surface area contributed by atoms with Crippen LogP contribution in [0.5, 0.6) is 0 Å². The van der Waals surface area contributed by atoms with Crippen molar-refractivity contribution in [3.05, 3.63) is 29.3 Å². The quantitative estimate of drug-likeness (QED) is 0.777. The van der Waals surface area contributed by atoms with E-state index in [1.165, 1.54) is 0 Å². The Morgan fingerprint density at radius 2 is 1.91 bits per heavy atom. The van der Waals surface area contributed by atoms with Crippen LogP contribution in [0.2, 0.25) is 0 Å². The van der Waals surface area contributed by atoms with Crippen molar-refractivity contribution in [3.8, 4) is 0 Å². The highest BCUT2D eigenvalue weighted by molar-refractivity contribution is 5.96. The third-order valence-corrected chi connectivity index (χ3v) is 3.60. The van der Waals surface area contributed by atoms with Gasteiger partial charge < -0.3 is 10.6 Å². The van der Waals surface area contributed by atoms with Crippen LogP contribution in [0.3, 0.4) is 0 Å². The molecule has 0 aliphatic carbocycles. The molecule has 1 aromatic carbocycles. The number of rotatable bonds is 4. The number of hydrogen-bond acceptors (Lipinski definition) is 3. The van der Waals surface area contributed by atoms with Gasteiger partial charge >= 0.3 is 0 Å². The number of carbonyl (C=O) groups excluding carboxylic acids is 2. The molecule has 0 radical (unpaired) electrons. The molecule has 1 aliphatic heterocycles. The zero-order valence-electron chi connectivity index (χ0n) is 12.9. The summed E-state index contributed by atoms with van der Waals surface area (Å²) in [4.78, 5) is 23.6. The lowest BCUT2D eigenvalue weighted by Gasteiger charge is -2.13. The van der Waals surface area contributed by atoms with Gasteiger partial charge in [0.25, 0.3) is 5.92 Å². The molecule has 1 unspecified atom stereocenters. The fraction of sp³-hybridized carbons (Fsp3) is 0.467. The molecule has 1 aromatic rings. The van der Waals surface area contributed by atoms with E-state index in [-0.39, 0.29) is 19.0 Å². The van der Waals surface area contributed by atoms with Gasteiger partial charge in [0, 0.05) is 12.1 Å². The lowest BCUT2D eigenvalue weighted by molar-refractivity contribution is -0.125. The Bertz CT molecular complexity index is 576. The second kappa shape index (κ2) is 7.70. The average molecular weight is 348 g/mol. The highest BCUT2D eigenvalue weighted by Gasteiger charge is 2.42. The highest BCUT2D eigenvalue weighted by Crippen LogP contribution is 2.25. The molecule has 1 atom stereocenters. The molecule has 1 fully saturated rings. The number of aryl methyl sites for hydroxylation is 2. The summed E-state index contributed by atoms with van der Waals surface area (Å²) in [6.07, 6.45) is -0.544. The topological polar surface area (TPSA) is 70.2 Å². The van der Waals surface area contributed by atoms with Crippen molar-refractivity contribution < 1.29 is 18.4 Å². The first kappa shape index (κ1) is 19.3. The normalized spacial score (nSPS) is 18.9. The van der Waals surface area contributed by atoms with Crippen LogP contribution in [0.15, 0.2) is 18.2 Å². The molecule has 0 aromatic heterocycles. The molecule has 2 rings (SSSR count). The van der Waals surface area contributed by atoms with Gasteiger partial charge in [-0.25, -0.2) is 8.78 Å². The summed E-state index contributed by atoms with van der Waals surface area (Å²) in [5.41, 5.74) is 2.53. The minimum atomic E-state index is -2.87. The van der Waals surface area contributed by atoms with E-state index in [9.17, 15) is 18.4 Å². The maximum absolute atomic E-state index is 13.0. The smallest absolute Gasteiger partial charge is 0.262 e. The van der Waals surface area contributed by atoms with E-state index in [1.54, 1.807) is 0 Å². The molecular weight excluding hydrogens is 328 g/mol. The summed E-state index contributed by atoms with van der Waals surface area (Å²) < 4.78 is 26.0. The Hall–Kier alpha value is -1.73. The Labute approximate surface area is 139 Å². The van der Waals surface area contributed by atoms with Crippen molar-refractivity contribution in [2.75, 3.05) is 18.4 Å². The van der Waals surface area contributed by atoms with Crippen molar-refractivity contribution in [3.63, 3.8) is 0 Å². The fourth-order valence-corrected chi connectivity index (χ4v) is 2.39. The third-order valence-electron chi connectivity index (χ3n) is 3.60. The van der Waals surface area contributed by atoms with Gasteiger partial charge in [-0.2, -0.15) is 0 Å². The third kappa shape index (κ3) is 5.14. The second-order valence-electron chi connectivity index (χ2n) is 5.53. The summed E-state index contributed by atoms with van der Waals surface area (Å²) >= 11 is 0. The Balaban J connectivity index is 0.00000264. The highest BCUT2D eigenvalue weighted by atomic mass is 35.5. The van der Waals surface area contributed by atoms with Crippen LogP contribution in [-0.2, 0) is 9.59 Å². The van der Waals surface area contributed by atoms with E-state index in [0.29, 0.717) is 5.69 Å². The van der Waals surface area contributed by atoms with Crippen LogP contribution >= 0.6 is 12.4 Å². The van der Waals surface area contributed by atoms with Crippen molar-refractivity contribution in [1.82, 2.24) is 10.6 Å². The molecule has 128 valence electrons. The largest absolute Gasteiger partial charge is 0.346 e. The number of carbonyl (C=O) groups is 2. The van der Waals surface area contributed by atoms with Crippen LogP contribution in [0, 0.1) is 13.8 Å². The van der Waals surface area contributed by atoms with Crippen LogP contribution in [-0.4, -0.2) is 36.9 Å². The van der Waals surface area contributed by atoms with E-state index >= 15 is 0 Å². The number of benzene rings is 1. The SMILES string of the molecule is Cc1cccc(C)c1NC(=O)CNC(=O)C1CC(F)(F)CN1.Cl. The maximum Gasteiger partial charge on any atom is 0.262 e. The number of halogens is 3. The van der Waals surface area contributed by atoms with E-state index in [4.69, 9.17) is 0 Å². The fourth-order valence-electron chi connectivity index (χ4n) is 2.39. The summed E-state index contributed by atoms with van der Waals surface area (Å²) in [7, 11) is 0. The molecule has 0 saturated carbocycles. The van der Waals surface area contributed by atoms with E-state index in [1.807, 2.05) is 32.0 Å². The molecule has 1 heterocycles. The Kier molecular flexibility index (Phi) is 6.47. The molecule has 23 heavy (non-hydrogen) atoms. The molecular formula is C15H20ClF2N3O2. The molecule has 2 amide bonds. The Morgan fingerprint density at radius 1 is 1.30 bits per heavy atom. The zero-order chi connectivity index (χ0) is 16.3. The van der Waals surface area contributed by atoms with Gasteiger partial charge in [0.2, 0.25) is 11.8 Å². The monoisotopic (exact) mass is 347 g/mol. The van der Waals surface area contributed by atoms with E-state index in [2.05, 4.69) is 16.0 Å². The molecule has 5 nitrogen and oxygen atoms in total. The molecule has 0 spiro atoms. The number of amides is 2. The molecule has 0 bridgehead atoms. The van der Waals surface area contributed by atoms with Crippen molar-refractivity contribution >= 4 is 29.9 Å². The molecule has 1 aliphatic rings. The van der Waals surface area contributed by atoms with Gasteiger partial charge in [0.05, 0.1) is 19.1 Å². The molecule has 1 saturated heterocycles. The second-order valence-corrected chi connectivity index (χ2v) is 5.53. The number of nitrogens with one attached hydrogen (secondary N) is 3. The van der Waals surface area contributed by atoms with Crippen molar-refractivity contribution in [2.45, 2.75) is 32.2 Å². The standard InChI is InChI=1S/C15H19F2N3O2.ClH/c1-9-4-3-5-10(2)13(9)20-12(21)7-18-14(22)11-6-15(16,17)8-19-11;/h3-5,11,19H,6-8H2,1-2H3,(H,18,22)(H,20,21);1H. The van der Waals surface area contributed by atoms with Gasteiger partial charge in [0.1, 0.15) is 0 Å². The number of hydrogen-bond donors (Lipinski definition) is 3. The predicted octanol–water partition coefficient (Wildman–Crippen LogP) is 1.78. The van der Waals surface area contributed by atoms with E-state index in [0.717, 1.165) is 11.1 Å². The Morgan fingerprint density at radius 3 is 2.43 bits per heavy atom. The van der Waals surface area contributed by atoms with Crippen molar-refractivity contribution in [2.24, 2.45) is 0 Å². The van der Waals surface area contributed by atoms with Crippen LogP contribution in [0.25, 0.3) is 0 Å². The summed E-state index contributed by atoms with van der Waals surface area (Å²) in [6, 6.07) is 4.66. The summed E-state index contributed by atoms with van der Waals surface area (Å²) in [5, 5.41) is 7.54. The lowest BCUT2D eigenvalue weighted by atomic mass is 10.1. The van der Waals surface area contributed by atoms with Crippen LogP contribution < -0.4 is 16.0 Å². The minimum absolute atomic E-state index is 0. The molecule has 3 N–H and O–H groups in total. The first-order valence-corrected chi connectivity index (χ1v) is 7.03. The van der Waals surface area contributed by atoms with Crippen LogP contribution in [0.1, 0.15) is 17.5 Å². The van der Waals surface area contributed by atoms with Gasteiger partial charge in [-0.15, -0.1) is 12.4 Å². The predicted molar refractivity (Wildman–Crippen MR) is 86.2 cm³/mol. The first-order valence-electron chi connectivity index (χ1n) is 7.03. The maximum atomic E-state index is 13.0. The lowest BCUT2D eigenvalue weighted by Crippen LogP contribution is -2.43. The van der Waals surface area contributed by atoms with Gasteiger partial charge in [-0.1, -0.05) is 18.2 Å². The molecule has 8 heteroatoms.